The summed E-state index contributed by atoms with van der Waals surface area (Å²) in [5.41, 5.74) is 0. The molecule has 0 aliphatic heterocycles. The minimum absolute atomic E-state index is 0.134. The molecule has 0 unspecified atom stereocenters. The third-order valence-corrected chi connectivity index (χ3v) is 3.67. The number of hydrogen-bond donors (Lipinski definition) is 1. The fourth-order valence-corrected chi connectivity index (χ4v) is 2.61. The Bertz CT molecular complexity index is 450. The molecule has 1 N–H and O–H groups in total. The van der Waals surface area contributed by atoms with E-state index in [1.807, 2.05) is 19.1 Å². The van der Waals surface area contributed by atoms with Crippen LogP contribution in [0.15, 0.2) is 23.6 Å². The van der Waals surface area contributed by atoms with Crippen LogP contribution >= 0.6 is 23.1 Å². The van der Waals surface area contributed by atoms with Crippen LogP contribution < -0.4 is 0 Å². The van der Waals surface area contributed by atoms with Gasteiger partial charge >= 0.3 is 0 Å². The number of carbonyl (C=O) groups excluding carboxylic acids is 1. The molecule has 0 aromatic carbocycles. The minimum Gasteiger partial charge on any atom is -0.292 e. The third-order valence-electron chi connectivity index (χ3n) is 1.75. The van der Waals surface area contributed by atoms with Crippen molar-refractivity contribution >= 4 is 28.9 Å². The van der Waals surface area contributed by atoms with Crippen LogP contribution in [0.3, 0.4) is 0 Å². The second kappa shape index (κ2) is 4.59. The standard InChI is InChI=1S/C9H9N3OS2/c1-6-2-3-8(15-6)7(13)4-14-9-10-5-11-12-9/h2-3,5H,4H2,1H3,(H,10,11,12). The number of nitrogens with one attached hydrogen (secondary N) is 1. The summed E-state index contributed by atoms with van der Waals surface area (Å²) in [5.74, 6) is 0.532. The van der Waals surface area contributed by atoms with Crippen LogP contribution in [0, 0.1) is 6.92 Å². The number of thiophene rings is 1. The highest BCUT2D eigenvalue weighted by Crippen LogP contribution is 2.19. The van der Waals surface area contributed by atoms with Crippen molar-refractivity contribution in [2.24, 2.45) is 0 Å². The first kappa shape index (κ1) is 10.4. The van der Waals surface area contributed by atoms with Crippen LogP contribution in [0.4, 0.5) is 0 Å². The number of nitrogens with zero attached hydrogens (tertiary/aromatic N) is 2. The number of carbonyl (C=O) groups is 1. The number of aromatic nitrogens is 3. The van der Waals surface area contributed by atoms with Gasteiger partial charge in [-0.2, -0.15) is 5.10 Å². The monoisotopic (exact) mass is 239 g/mol. The number of H-pyrrole nitrogens is 1. The second-order valence-corrected chi connectivity index (χ2v) is 5.16. The van der Waals surface area contributed by atoms with Gasteiger partial charge in [0.25, 0.3) is 0 Å². The zero-order valence-electron chi connectivity index (χ0n) is 8.06. The Balaban J connectivity index is 1.93. The average molecular weight is 239 g/mol. The van der Waals surface area contributed by atoms with Gasteiger partial charge < -0.3 is 0 Å². The van der Waals surface area contributed by atoms with Gasteiger partial charge in [0.1, 0.15) is 6.33 Å². The normalized spacial score (nSPS) is 10.5. The highest BCUT2D eigenvalue weighted by Gasteiger charge is 2.09. The van der Waals surface area contributed by atoms with E-state index in [-0.39, 0.29) is 5.78 Å². The van der Waals surface area contributed by atoms with E-state index in [2.05, 4.69) is 15.2 Å². The molecule has 0 amide bonds. The van der Waals surface area contributed by atoms with Crippen molar-refractivity contribution < 1.29 is 4.79 Å². The van der Waals surface area contributed by atoms with E-state index >= 15 is 0 Å². The molecule has 78 valence electrons. The van der Waals surface area contributed by atoms with Gasteiger partial charge in [0.05, 0.1) is 10.6 Å². The van der Waals surface area contributed by atoms with E-state index in [1.165, 1.54) is 29.4 Å². The summed E-state index contributed by atoms with van der Waals surface area (Å²) >= 11 is 2.89. The fourth-order valence-electron chi connectivity index (χ4n) is 1.05. The lowest BCUT2D eigenvalue weighted by molar-refractivity contribution is 0.102. The van der Waals surface area contributed by atoms with Gasteiger partial charge in [0.2, 0.25) is 0 Å². The van der Waals surface area contributed by atoms with Gasteiger partial charge in [0.15, 0.2) is 10.9 Å². The van der Waals surface area contributed by atoms with E-state index in [1.54, 1.807) is 0 Å². The zero-order valence-corrected chi connectivity index (χ0v) is 9.69. The van der Waals surface area contributed by atoms with Crippen LogP contribution in [-0.4, -0.2) is 26.7 Å². The van der Waals surface area contributed by atoms with Gasteiger partial charge in [-0.15, -0.1) is 11.3 Å². The molecule has 0 saturated carbocycles. The molecular weight excluding hydrogens is 230 g/mol. The van der Waals surface area contributed by atoms with E-state index < -0.39 is 0 Å². The molecule has 0 bridgehead atoms. The average Bonchev–Trinajstić information content (AvgIpc) is 2.84. The molecule has 2 rings (SSSR count). The molecule has 4 nitrogen and oxygen atoms in total. The Kier molecular flexibility index (Phi) is 3.17. The third kappa shape index (κ3) is 2.66. The summed E-state index contributed by atoms with van der Waals surface area (Å²) in [6.07, 6.45) is 1.43. The molecule has 0 radical (unpaired) electrons. The number of rotatable bonds is 4. The largest absolute Gasteiger partial charge is 0.292 e. The molecule has 2 aromatic rings. The maximum Gasteiger partial charge on any atom is 0.183 e. The van der Waals surface area contributed by atoms with Gasteiger partial charge in [-0.25, -0.2) is 4.98 Å². The molecule has 0 atom stereocenters. The Morgan fingerprint density at radius 2 is 2.47 bits per heavy atom. The van der Waals surface area contributed by atoms with Crippen molar-refractivity contribution in [3.8, 4) is 0 Å². The van der Waals surface area contributed by atoms with Crippen LogP contribution in [0.25, 0.3) is 0 Å². The van der Waals surface area contributed by atoms with Crippen LogP contribution in [0.1, 0.15) is 14.5 Å². The summed E-state index contributed by atoms with van der Waals surface area (Å²) < 4.78 is 0. The molecule has 2 heterocycles. The van der Waals surface area contributed by atoms with Crippen molar-refractivity contribution in [1.82, 2.24) is 15.2 Å². The summed E-state index contributed by atoms with van der Waals surface area (Å²) in [6.45, 7) is 1.99. The highest BCUT2D eigenvalue weighted by molar-refractivity contribution is 7.99. The number of aromatic amines is 1. The Morgan fingerprint density at radius 1 is 1.60 bits per heavy atom. The van der Waals surface area contributed by atoms with Crippen LogP contribution in [0.2, 0.25) is 0 Å². The number of Topliss-reactive ketones (excluding diaryl/α,β-unsaturated/α-hetero) is 1. The zero-order chi connectivity index (χ0) is 10.7. The van der Waals surface area contributed by atoms with Crippen molar-refractivity contribution in [2.45, 2.75) is 12.1 Å². The molecule has 0 aliphatic rings. The smallest absolute Gasteiger partial charge is 0.183 e. The van der Waals surface area contributed by atoms with E-state index in [0.717, 1.165) is 9.75 Å². The summed E-state index contributed by atoms with van der Waals surface area (Å²) in [7, 11) is 0. The second-order valence-electron chi connectivity index (χ2n) is 2.91. The summed E-state index contributed by atoms with van der Waals surface area (Å²) in [6, 6.07) is 3.82. The molecule has 0 fully saturated rings. The van der Waals surface area contributed by atoms with Crippen molar-refractivity contribution in [1.29, 1.82) is 0 Å². The first-order valence-electron chi connectivity index (χ1n) is 4.33. The van der Waals surface area contributed by atoms with Gasteiger partial charge in [0, 0.05) is 4.88 Å². The molecule has 0 saturated heterocycles. The topological polar surface area (TPSA) is 58.6 Å². The quantitative estimate of drug-likeness (QED) is 0.656. The first-order valence-corrected chi connectivity index (χ1v) is 6.14. The van der Waals surface area contributed by atoms with Gasteiger partial charge in [-0.1, -0.05) is 11.8 Å². The van der Waals surface area contributed by atoms with Crippen LogP contribution in [-0.2, 0) is 0 Å². The van der Waals surface area contributed by atoms with Crippen molar-refractivity contribution in [2.75, 3.05) is 5.75 Å². The molecule has 6 heteroatoms. The predicted molar refractivity (Wildman–Crippen MR) is 60.5 cm³/mol. The summed E-state index contributed by atoms with van der Waals surface area (Å²) in [4.78, 5) is 17.6. The number of aryl methyl sites for hydroxylation is 1. The lowest BCUT2D eigenvalue weighted by Crippen LogP contribution is -1.99. The van der Waals surface area contributed by atoms with E-state index in [9.17, 15) is 4.79 Å². The highest BCUT2D eigenvalue weighted by atomic mass is 32.2. The predicted octanol–water partition coefficient (Wildman–Crippen LogP) is 2.15. The van der Waals surface area contributed by atoms with E-state index in [0.29, 0.717) is 10.9 Å². The molecule has 0 aliphatic carbocycles. The van der Waals surface area contributed by atoms with Crippen molar-refractivity contribution in [3.63, 3.8) is 0 Å². The SMILES string of the molecule is Cc1ccc(C(=O)CSc2ncn[nH]2)s1. The number of hydrogen-bond acceptors (Lipinski definition) is 5. The molecule has 2 aromatic heterocycles. The lowest BCUT2D eigenvalue weighted by atomic mass is 10.3. The summed E-state index contributed by atoms with van der Waals surface area (Å²) in [5, 5.41) is 7.09. The minimum atomic E-state index is 0.134. The Morgan fingerprint density at radius 3 is 3.07 bits per heavy atom. The fraction of sp³-hybridized carbons (Fsp3) is 0.222. The maximum atomic E-state index is 11.7. The van der Waals surface area contributed by atoms with Crippen molar-refractivity contribution in [3.05, 3.63) is 28.2 Å². The maximum absolute atomic E-state index is 11.7. The number of ketones is 1. The molecule has 0 spiro atoms. The lowest BCUT2D eigenvalue weighted by Gasteiger charge is -1.94. The van der Waals surface area contributed by atoms with Gasteiger partial charge in [-0.05, 0) is 19.1 Å². The van der Waals surface area contributed by atoms with Gasteiger partial charge in [-0.3, -0.25) is 9.89 Å². The first-order chi connectivity index (χ1) is 7.25. The number of thioether (sulfide) groups is 1. The van der Waals surface area contributed by atoms with E-state index in [4.69, 9.17) is 0 Å². The Hall–Kier alpha value is -1.14. The molecular formula is C9H9N3OS2. The van der Waals surface area contributed by atoms with Crippen LogP contribution in [0.5, 0.6) is 0 Å². The molecule has 15 heavy (non-hydrogen) atoms. The Labute approximate surface area is 95.1 Å².